The number of ether oxygens (including phenoxy) is 1. The van der Waals surface area contributed by atoms with Gasteiger partial charge in [-0.25, -0.2) is 0 Å². The SMILES string of the molecule is COc1ccc(CN2CCN(C(=O)c3ccncc3)CC2)cc1. The van der Waals surface area contributed by atoms with Crippen molar-refractivity contribution in [2.24, 2.45) is 0 Å². The summed E-state index contributed by atoms with van der Waals surface area (Å²) in [5.41, 5.74) is 1.98. The summed E-state index contributed by atoms with van der Waals surface area (Å²) in [6, 6.07) is 11.7. The number of nitrogens with zero attached hydrogens (tertiary/aromatic N) is 3. The van der Waals surface area contributed by atoms with E-state index in [0.717, 1.165) is 38.5 Å². The van der Waals surface area contributed by atoms with E-state index in [1.807, 2.05) is 17.0 Å². The molecule has 1 aromatic carbocycles. The number of pyridine rings is 1. The Balaban J connectivity index is 1.53. The van der Waals surface area contributed by atoms with Gasteiger partial charge in [-0.15, -0.1) is 0 Å². The Labute approximate surface area is 136 Å². The summed E-state index contributed by atoms with van der Waals surface area (Å²) in [6.07, 6.45) is 3.32. The molecule has 3 rings (SSSR count). The summed E-state index contributed by atoms with van der Waals surface area (Å²) in [4.78, 5) is 20.6. The number of piperazine rings is 1. The van der Waals surface area contributed by atoms with Gasteiger partial charge in [0.15, 0.2) is 0 Å². The summed E-state index contributed by atoms with van der Waals surface area (Å²) in [5.74, 6) is 0.970. The van der Waals surface area contributed by atoms with Gasteiger partial charge in [-0.3, -0.25) is 14.7 Å². The molecule has 1 aliphatic rings. The molecule has 5 heteroatoms. The topological polar surface area (TPSA) is 45.7 Å². The molecule has 0 aliphatic carbocycles. The van der Waals surface area contributed by atoms with Crippen LogP contribution in [0.1, 0.15) is 15.9 Å². The lowest BCUT2D eigenvalue weighted by molar-refractivity contribution is 0.0628. The highest BCUT2D eigenvalue weighted by Gasteiger charge is 2.21. The van der Waals surface area contributed by atoms with Crippen molar-refractivity contribution in [3.8, 4) is 5.75 Å². The van der Waals surface area contributed by atoms with Gasteiger partial charge in [0.25, 0.3) is 5.91 Å². The van der Waals surface area contributed by atoms with E-state index < -0.39 is 0 Å². The summed E-state index contributed by atoms with van der Waals surface area (Å²) >= 11 is 0. The van der Waals surface area contributed by atoms with E-state index in [4.69, 9.17) is 4.74 Å². The summed E-state index contributed by atoms with van der Waals surface area (Å²) in [5, 5.41) is 0. The summed E-state index contributed by atoms with van der Waals surface area (Å²) < 4.78 is 5.18. The second-order valence-electron chi connectivity index (χ2n) is 5.65. The average molecular weight is 311 g/mol. The van der Waals surface area contributed by atoms with Gasteiger partial charge in [0.1, 0.15) is 5.75 Å². The van der Waals surface area contributed by atoms with E-state index in [-0.39, 0.29) is 5.91 Å². The first-order valence-electron chi connectivity index (χ1n) is 7.81. The Morgan fingerprint density at radius 3 is 2.30 bits per heavy atom. The normalized spacial score (nSPS) is 15.4. The molecule has 1 saturated heterocycles. The zero-order valence-electron chi connectivity index (χ0n) is 13.3. The van der Waals surface area contributed by atoms with E-state index in [1.54, 1.807) is 31.6 Å². The van der Waals surface area contributed by atoms with Crippen LogP contribution in [0.4, 0.5) is 0 Å². The van der Waals surface area contributed by atoms with Crippen LogP contribution in [0.5, 0.6) is 5.75 Å². The molecule has 1 fully saturated rings. The van der Waals surface area contributed by atoms with Crippen LogP contribution in [-0.4, -0.2) is 54.0 Å². The van der Waals surface area contributed by atoms with E-state index in [1.165, 1.54) is 5.56 Å². The Morgan fingerprint density at radius 2 is 1.70 bits per heavy atom. The first-order valence-corrected chi connectivity index (χ1v) is 7.81. The van der Waals surface area contributed by atoms with Crippen molar-refractivity contribution in [2.75, 3.05) is 33.3 Å². The van der Waals surface area contributed by atoms with Crippen LogP contribution in [-0.2, 0) is 6.54 Å². The highest BCUT2D eigenvalue weighted by Crippen LogP contribution is 2.15. The maximum Gasteiger partial charge on any atom is 0.254 e. The van der Waals surface area contributed by atoms with Crippen LogP contribution < -0.4 is 4.74 Å². The van der Waals surface area contributed by atoms with Gasteiger partial charge in [-0.05, 0) is 29.8 Å². The first kappa shape index (κ1) is 15.5. The third kappa shape index (κ3) is 3.87. The second-order valence-corrected chi connectivity index (χ2v) is 5.65. The molecule has 2 heterocycles. The molecule has 0 radical (unpaired) electrons. The first-order chi connectivity index (χ1) is 11.3. The van der Waals surface area contributed by atoms with Gasteiger partial charge in [-0.2, -0.15) is 0 Å². The van der Waals surface area contributed by atoms with Crippen molar-refractivity contribution in [3.63, 3.8) is 0 Å². The molecule has 5 nitrogen and oxygen atoms in total. The molecule has 0 spiro atoms. The number of amides is 1. The molecule has 120 valence electrons. The van der Waals surface area contributed by atoms with E-state index in [9.17, 15) is 4.79 Å². The highest BCUT2D eigenvalue weighted by molar-refractivity contribution is 5.94. The van der Waals surface area contributed by atoms with Crippen LogP contribution in [0.15, 0.2) is 48.8 Å². The van der Waals surface area contributed by atoms with E-state index in [2.05, 4.69) is 22.0 Å². The molecule has 0 saturated carbocycles. The molecule has 1 aliphatic heterocycles. The molecule has 0 N–H and O–H groups in total. The number of hydrogen-bond donors (Lipinski definition) is 0. The van der Waals surface area contributed by atoms with Gasteiger partial charge in [0, 0.05) is 50.7 Å². The zero-order valence-corrected chi connectivity index (χ0v) is 13.3. The maximum atomic E-state index is 12.4. The number of carbonyl (C=O) groups excluding carboxylic acids is 1. The predicted molar refractivity (Wildman–Crippen MR) is 88.4 cm³/mol. The Morgan fingerprint density at radius 1 is 1.04 bits per heavy atom. The fourth-order valence-corrected chi connectivity index (χ4v) is 2.78. The third-order valence-electron chi connectivity index (χ3n) is 4.15. The van der Waals surface area contributed by atoms with Gasteiger partial charge >= 0.3 is 0 Å². The minimum atomic E-state index is 0.0940. The third-order valence-corrected chi connectivity index (χ3v) is 4.15. The fraction of sp³-hybridized carbons (Fsp3) is 0.333. The van der Waals surface area contributed by atoms with E-state index in [0.29, 0.717) is 5.56 Å². The van der Waals surface area contributed by atoms with Crippen molar-refractivity contribution in [1.29, 1.82) is 0 Å². The maximum absolute atomic E-state index is 12.4. The molecule has 0 bridgehead atoms. The number of benzene rings is 1. The van der Waals surface area contributed by atoms with Crippen molar-refractivity contribution < 1.29 is 9.53 Å². The standard InChI is InChI=1S/C18H21N3O2/c1-23-17-4-2-15(3-5-17)14-20-10-12-21(13-11-20)18(22)16-6-8-19-9-7-16/h2-9H,10-14H2,1H3. The molecular formula is C18H21N3O2. The van der Waals surface area contributed by atoms with Crippen molar-refractivity contribution in [2.45, 2.75) is 6.54 Å². The fourth-order valence-electron chi connectivity index (χ4n) is 2.78. The molecule has 23 heavy (non-hydrogen) atoms. The van der Waals surface area contributed by atoms with Crippen LogP contribution in [0, 0.1) is 0 Å². The summed E-state index contributed by atoms with van der Waals surface area (Å²) in [6.45, 7) is 4.21. The monoisotopic (exact) mass is 311 g/mol. The lowest BCUT2D eigenvalue weighted by Gasteiger charge is -2.34. The molecular weight excluding hydrogens is 290 g/mol. The smallest absolute Gasteiger partial charge is 0.254 e. The number of rotatable bonds is 4. The van der Waals surface area contributed by atoms with Gasteiger partial charge in [0.05, 0.1) is 7.11 Å². The highest BCUT2D eigenvalue weighted by atomic mass is 16.5. The van der Waals surface area contributed by atoms with Gasteiger partial charge in [0.2, 0.25) is 0 Å². The van der Waals surface area contributed by atoms with Crippen LogP contribution >= 0.6 is 0 Å². The Hall–Kier alpha value is -2.40. The average Bonchev–Trinajstić information content (AvgIpc) is 2.63. The zero-order chi connectivity index (χ0) is 16.1. The molecule has 0 atom stereocenters. The number of hydrogen-bond acceptors (Lipinski definition) is 4. The lowest BCUT2D eigenvalue weighted by atomic mass is 10.1. The van der Waals surface area contributed by atoms with Gasteiger partial charge < -0.3 is 9.64 Å². The van der Waals surface area contributed by atoms with Crippen LogP contribution in [0.2, 0.25) is 0 Å². The molecule has 0 unspecified atom stereocenters. The number of carbonyl (C=O) groups is 1. The predicted octanol–water partition coefficient (Wildman–Crippen LogP) is 2.05. The van der Waals surface area contributed by atoms with Gasteiger partial charge in [-0.1, -0.05) is 12.1 Å². The number of methoxy groups -OCH3 is 1. The molecule has 1 aromatic heterocycles. The molecule has 2 aromatic rings. The van der Waals surface area contributed by atoms with Crippen LogP contribution in [0.25, 0.3) is 0 Å². The molecule has 1 amide bonds. The quantitative estimate of drug-likeness (QED) is 0.867. The van der Waals surface area contributed by atoms with E-state index >= 15 is 0 Å². The minimum Gasteiger partial charge on any atom is -0.497 e. The second kappa shape index (κ2) is 7.24. The van der Waals surface area contributed by atoms with Crippen molar-refractivity contribution >= 4 is 5.91 Å². The lowest BCUT2D eigenvalue weighted by Crippen LogP contribution is -2.48. The van der Waals surface area contributed by atoms with Crippen LogP contribution in [0.3, 0.4) is 0 Å². The number of aromatic nitrogens is 1. The van der Waals surface area contributed by atoms with Crippen molar-refractivity contribution in [3.05, 3.63) is 59.9 Å². The Kier molecular flexibility index (Phi) is 4.88. The largest absolute Gasteiger partial charge is 0.497 e. The minimum absolute atomic E-state index is 0.0940. The summed E-state index contributed by atoms with van der Waals surface area (Å²) in [7, 11) is 1.67. The van der Waals surface area contributed by atoms with Crippen molar-refractivity contribution in [1.82, 2.24) is 14.8 Å². The Bertz CT molecular complexity index is 635.